The second-order valence-electron chi connectivity index (χ2n) is 4.45. The lowest BCUT2D eigenvalue weighted by atomic mass is 10.2. The van der Waals surface area contributed by atoms with E-state index in [4.69, 9.17) is 4.74 Å². The Hall–Kier alpha value is -1.62. The van der Waals surface area contributed by atoms with Crippen LogP contribution in [0.4, 0.5) is 0 Å². The summed E-state index contributed by atoms with van der Waals surface area (Å²) in [7, 11) is 0. The summed E-state index contributed by atoms with van der Waals surface area (Å²) in [6, 6.07) is 2.45. The molecular weight excluding hydrogens is 216 g/mol. The van der Waals surface area contributed by atoms with Gasteiger partial charge in [-0.25, -0.2) is 9.50 Å². The summed E-state index contributed by atoms with van der Waals surface area (Å²) in [5.74, 6) is 0.668. The van der Waals surface area contributed by atoms with E-state index in [1.807, 2.05) is 19.2 Å². The molecule has 0 saturated carbocycles. The first-order valence-corrected chi connectivity index (χ1v) is 6.00. The van der Waals surface area contributed by atoms with Crippen LogP contribution in [0.2, 0.25) is 0 Å². The molecule has 0 bridgehead atoms. The number of rotatable bonds is 3. The average molecular weight is 232 g/mol. The van der Waals surface area contributed by atoms with Crippen LogP contribution in [0, 0.1) is 6.92 Å². The first kappa shape index (κ1) is 10.5. The highest BCUT2D eigenvalue weighted by molar-refractivity contribution is 5.56. The Labute approximate surface area is 99.8 Å². The average Bonchev–Trinajstić information content (AvgIpc) is 2.93. The zero-order valence-electron chi connectivity index (χ0n) is 9.89. The van der Waals surface area contributed by atoms with E-state index in [0.29, 0.717) is 18.5 Å². The highest BCUT2D eigenvalue weighted by Crippen LogP contribution is 2.18. The van der Waals surface area contributed by atoms with Crippen LogP contribution in [0.1, 0.15) is 18.5 Å². The van der Waals surface area contributed by atoms with Crippen LogP contribution in [0.25, 0.3) is 5.52 Å². The number of aromatic nitrogens is 3. The largest absolute Gasteiger partial charge is 0.474 e. The molecule has 1 fully saturated rings. The minimum Gasteiger partial charge on any atom is -0.474 e. The first-order chi connectivity index (χ1) is 8.33. The van der Waals surface area contributed by atoms with Crippen molar-refractivity contribution in [1.29, 1.82) is 0 Å². The predicted octanol–water partition coefficient (Wildman–Crippen LogP) is 1.17. The molecule has 1 N–H and O–H groups in total. The van der Waals surface area contributed by atoms with E-state index in [1.165, 1.54) is 12.8 Å². The van der Waals surface area contributed by atoms with E-state index in [9.17, 15) is 0 Å². The molecule has 90 valence electrons. The van der Waals surface area contributed by atoms with Crippen molar-refractivity contribution >= 4 is 5.52 Å². The summed E-state index contributed by atoms with van der Waals surface area (Å²) >= 11 is 0. The van der Waals surface area contributed by atoms with Gasteiger partial charge in [-0.1, -0.05) is 0 Å². The molecule has 0 aliphatic carbocycles. The Balaban J connectivity index is 1.79. The third-order valence-corrected chi connectivity index (χ3v) is 3.06. The van der Waals surface area contributed by atoms with E-state index in [2.05, 4.69) is 15.4 Å². The highest BCUT2D eigenvalue weighted by Gasteiger charge is 2.15. The fraction of sp³-hybridized carbons (Fsp3) is 0.500. The molecule has 0 spiro atoms. The molecule has 1 aliphatic heterocycles. The lowest BCUT2D eigenvalue weighted by Crippen LogP contribution is -2.28. The number of fused-ring (bicyclic) bond motifs is 1. The van der Waals surface area contributed by atoms with Crippen LogP contribution >= 0.6 is 0 Å². The fourth-order valence-electron chi connectivity index (χ4n) is 2.21. The highest BCUT2D eigenvalue weighted by atomic mass is 16.5. The van der Waals surface area contributed by atoms with Gasteiger partial charge in [-0.3, -0.25) is 0 Å². The zero-order chi connectivity index (χ0) is 11.7. The monoisotopic (exact) mass is 232 g/mol. The number of nitrogens with zero attached hydrogens (tertiary/aromatic N) is 3. The normalized spacial score (nSPS) is 19.9. The molecule has 0 aromatic carbocycles. The smallest absolute Gasteiger partial charge is 0.240 e. The Kier molecular flexibility index (Phi) is 2.68. The second kappa shape index (κ2) is 4.33. The minimum absolute atomic E-state index is 0.459. The van der Waals surface area contributed by atoms with Gasteiger partial charge in [-0.2, -0.15) is 5.10 Å². The Morgan fingerprint density at radius 3 is 3.35 bits per heavy atom. The summed E-state index contributed by atoms with van der Waals surface area (Å²) < 4.78 is 7.59. The summed E-state index contributed by atoms with van der Waals surface area (Å²) in [6.45, 7) is 3.74. The Morgan fingerprint density at radius 2 is 2.53 bits per heavy atom. The minimum atomic E-state index is 0.459. The van der Waals surface area contributed by atoms with E-state index in [0.717, 1.165) is 17.8 Å². The van der Waals surface area contributed by atoms with Crippen LogP contribution in [0.15, 0.2) is 18.5 Å². The third-order valence-electron chi connectivity index (χ3n) is 3.06. The number of hydrogen-bond acceptors (Lipinski definition) is 4. The third kappa shape index (κ3) is 2.10. The van der Waals surface area contributed by atoms with Crippen LogP contribution in [-0.4, -0.2) is 33.8 Å². The van der Waals surface area contributed by atoms with Gasteiger partial charge in [0.2, 0.25) is 5.88 Å². The van der Waals surface area contributed by atoms with Crippen molar-refractivity contribution in [3.63, 3.8) is 0 Å². The van der Waals surface area contributed by atoms with Crippen LogP contribution in [0.5, 0.6) is 5.88 Å². The molecule has 5 heteroatoms. The Bertz CT molecular complexity index is 516. The molecule has 0 radical (unpaired) electrons. The summed E-state index contributed by atoms with van der Waals surface area (Å²) in [5, 5.41) is 7.74. The van der Waals surface area contributed by atoms with Gasteiger partial charge in [-0.15, -0.1) is 0 Å². The predicted molar refractivity (Wildman–Crippen MR) is 64.2 cm³/mol. The molecule has 3 rings (SSSR count). The molecule has 17 heavy (non-hydrogen) atoms. The standard InChI is InChI=1S/C12H16N4O/c1-9-7-11-12(14-5-6-16(11)15-9)17-8-10-3-2-4-13-10/h5-7,10,13H,2-4,8H2,1H3. The maximum atomic E-state index is 5.78. The molecule has 0 amide bonds. The van der Waals surface area contributed by atoms with Crippen molar-refractivity contribution in [3.8, 4) is 5.88 Å². The van der Waals surface area contributed by atoms with Crippen molar-refractivity contribution in [2.45, 2.75) is 25.8 Å². The van der Waals surface area contributed by atoms with Gasteiger partial charge in [0, 0.05) is 18.4 Å². The zero-order valence-corrected chi connectivity index (χ0v) is 9.89. The molecule has 2 aromatic rings. The van der Waals surface area contributed by atoms with Crippen LogP contribution in [-0.2, 0) is 0 Å². The maximum absolute atomic E-state index is 5.78. The second-order valence-corrected chi connectivity index (χ2v) is 4.45. The van der Waals surface area contributed by atoms with Gasteiger partial charge in [0.1, 0.15) is 12.1 Å². The molecule has 3 heterocycles. The number of hydrogen-bond donors (Lipinski definition) is 1. The van der Waals surface area contributed by atoms with E-state index in [1.54, 1.807) is 10.7 Å². The fourth-order valence-corrected chi connectivity index (χ4v) is 2.21. The number of ether oxygens (including phenoxy) is 1. The van der Waals surface area contributed by atoms with Gasteiger partial charge in [0.25, 0.3) is 0 Å². The van der Waals surface area contributed by atoms with E-state index in [-0.39, 0.29) is 0 Å². The van der Waals surface area contributed by atoms with Crippen LogP contribution in [0.3, 0.4) is 0 Å². The molecule has 2 aromatic heterocycles. The summed E-state index contributed by atoms with van der Waals surface area (Å²) in [4.78, 5) is 4.27. The van der Waals surface area contributed by atoms with Crippen molar-refractivity contribution < 1.29 is 4.74 Å². The van der Waals surface area contributed by atoms with Crippen molar-refractivity contribution in [3.05, 3.63) is 24.2 Å². The molecule has 1 saturated heterocycles. The topological polar surface area (TPSA) is 51.5 Å². The summed E-state index contributed by atoms with van der Waals surface area (Å²) in [5.41, 5.74) is 1.91. The van der Waals surface area contributed by atoms with Gasteiger partial charge in [-0.05, 0) is 32.4 Å². The van der Waals surface area contributed by atoms with Crippen LogP contribution < -0.4 is 10.1 Å². The number of aryl methyl sites for hydroxylation is 1. The van der Waals surface area contributed by atoms with E-state index >= 15 is 0 Å². The van der Waals surface area contributed by atoms with Gasteiger partial charge >= 0.3 is 0 Å². The molecular formula is C12H16N4O. The van der Waals surface area contributed by atoms with Crippen molar-refractivity contribution in [2.75, 3.05) is 13.2 Å². The lowest BCUT2D eigenvalue weighted by Gasteiger charge is -2.11. The summed E-state index contributed by atoms with van der Waals surface area (Å²) in [6.07, 6.45) is 5.97. The first-order valence-electron chi connectivity index (χ1n) is 6.00. The van der Waals surface area contributed by atoms with Crippen molar-refractivity contribution in [2.24, 2.45) is 0 Å². The molecule has 1 unspecified atom stereocenters. The van der Waals surface area contributed by atoms with E-state index < -0.39 is 0 Å². The Morgan fingerprint density at radius 1 is 1.59 bits per heavy atom. The number of nitrogens with one attached hydrogen (secondary N) is 1. The quantitative estimate of drug-likeness (QED) is 0.863. The maximum Gasteiger partial charge on any atom is 0.240 e. The van der Waals surface area contributed by atoms with Gasteiger partial charge in [0.05, 0.1) is 5.69 Å². The lowest BCUT2D eigenvalue weighted by molar-refractivity contribution is 0.269. The molecule has 5 nitrogen and oxygen atoms in total. The SMILES string of the molecule is Cc1cc2c(OCC3CCCN3)nccn2n1. The van der Waals surface area contributed by atoms with Gasteiger partial charge in [0.15, 0.2) is 0 Å². The van der Waals surface area contributed by atoms with Crippen molar-refractivity contribution in [1.82, 2.24) is 19.9 Å². The van der Waals surface area contributed by atoms with Gasteiger partial charge < -0.3 is 10.1 Å². The molecule has 1 atom stereocenters. The molecule has 1 aliphatic rings.